The average Bonchev–Trinajstić information content (AvgIpc) is 2.57. The highest BCUT2D eigenvalue weighted by molar-refractivity contribution is 5.86. The van der Waals surface area contributed by atoms with Crippen molar-refractivity contribution in [2.45, 2.75) is 32.8 Å². The second kappa shape index (κ2) is 8.65. The molecule has 0 aliphatic carbocycles. The van der Waals surface area contributed by atoms with Crippen LogP contribution in [0.1, 0.15) is 25.3 Å². The van der Waals surface area contributed by atoms with Crippen molar-refractivity contribution in [3.63, 3.8) is 0 Å². The number of benzene rings is 1. The molecular weight excluding hydrogens is 320 g/mol. The molecule has 0 amide bonds. The van der Waals surface area contributed by atoms with Gasteiger partial charge in [-0.05, 0) is 50.0 Å². The highest BCUT2D eigenvalue weighted by Crippen LogP contribution is 2.27. The first-order valence-corrected chi connectivity index (χ1v) is 8.21. The number of hydrogen-bond donors (Lipinski definition) is 2. The quantitative estimate of drug-likeness (QED) is 0.568. The first-order valence-electron chi connectivity index (χ1n) is 8.21. The van der Waals surface area contributed by atoms with Gasteiger partial charge in [0.2, 0.25) is 0 Å². The fourth-order valence-corrected chi connectivity index (χ4v) is 2.54. The molecule has 2 rings (SSSR count). The number of aliphatic hydroxyl groups excluding tert-OH is 2. The molecule has 0 fully saturated rings. The molecule has 5 nitrogen and oxygen atoms in total. The van der Waals surface area contributed by atoms with Crippen molar-refractivity contribution in [2.75, 3.05) is 13.2 Å². The summed E-state index contributed by atoms with van der Waals surface area (Å²) < 4.78 is 10.9. The Morgan fingerprint density at radius 2 is 2.20 bits per heavy atom. The van der Waals surface area contributed by atoms with Gasteiger partial charge in [-0.15, -0.1) is 0 Å². The fraction of sp³-hybridized carbons (Fsp3) is 0.350. The van der Waals surface area contributed by atoms with Gasteiger partial charge in [-0.2, -0.15) is 0 Å². The molecule has 1 atom stereocenters. The van der Waals surface area contributed by atoms with E-state index in [-0.39, 0.29) is 13.2 Å². The molecule has 1 aromatic heterocycles. The van der Waals surface area contributed by atoms with E-state index in [0.717, 1.165) is 16.5 Å². The Hall–Kier alpha value is -2.37. The Labute approximate surface area is 146 Å². The van der Waals surface area contributed by atoms with E-state index in [2.05, 4.69) is 6.58 Å². The maximum Gasteiger partial charge on any atom is 0.339 e. The summed E-state index contributed by atoms with van der Waals surface area (Å²) in [5.74, 6) is 0.458. The highest BCUT2D eigenvalue weighted by atomic mass is 16.5. The average molecular weight is 344 g/mol. The lowest BCUT2D eigenvalue weighted by molar-refractivity contribution is 0.198. The van der Waals surface area contributed by atoms with Gasteiger partial charge in [-0.25, -0.2) is 4.79 Å². The minimum Gasteiger partial charge on any atom is -0.488 e. The predicted molar refractivity (Wildman–Crippen MR) is 97.9 cm³/mol. The van der Waals surface area contributed by atoms with Crippen LogP contribution in [0, 0.1) is 6.92 Å². The van der Waals surface area contributed by atoms with Gasteiger partial charge in [0.25, 0.3) is 0 Å². The summed E-state index contributed by atoms with van der Waals surface area (Å²) >= 11 is 0. The third-order valence-corrected chi connectivity index (χ3v) is 4.06. The molecule has 0 aliphatic heterocycles. The van der Waals surface area contributed by atoms with E-state index in [0.29, 0.717) is 29.7 Å². The molecule has 1 aromatic carbocycles. The van der Waals surface area contributed by atoms with Gasteiger partial charge in [0, 0.05) is 0 Å². The minimum atomic E-state index is -0.582. The molecule has 0 bridgehead atoms. The van der Waals surface area contributed by atoms with Crippen LogP contribution in [0.5, 0.6) is 5.75 Å². The minimum absolute atomic E-state index is 0.108. The third-order valence-electron chi connectivity index (χ3n) is 4.06. The van der Waals surface area contributed by atoms with Gasteiger partial charge in [-0.1, -0.05) is 24.3 Å². The van der Waals surface area contributed by atoms with Crippen LogP contribution in [0.25, 0.3) is 11.0 Å². The van der Waals surface area contributed by atoms with Crippen LogP contribution in [0.2, 0.25) is 0 Å². The van der Waals surface area contributed by atoms with Crippen molar-refractivity contribution in [2.24, 2.45) is 0 Å². The van der Waals surface area contributed by atoms with Crippen molar-refractivity contribution in [1.82, 2.24) is 0 Å². The first-order chi connectivity index (χ1) is 11.9. The molecule has 1 heterocycles. The van der Waals surface area contributed by atoms with E-state index < -0.39 is 11.7 Å². The summed E-state index contributed by atoms with van der Waals surface area (Å²) in [5, 5.41) is 20.0. The molecule has 2 aromatic rings. The molecule has 0 spiro atoms. The number of ether oxygens (including phenoxy) is 1. The van der Waals surface area contributed by atoms with E-state index >= 15 is 0 Å². The number of aryl methyl sites for hydroxylation is 1. The van der Waals surface area contributed by atoms with E-state index in [1.165, 1.54) is 6.07 Å². The SMILES string of the molecule is C=C(C)[C@H](O)CC/C(=C/COc1cc(=O)oc2cccc(C)c12)CO. The van der Waals surface area contributed by atoms with Gasteiger partial charge >= 0.3 is 5.63 Å². The predicted octanol–water partition coefficient (Wildman–Crippen LogP) is 3.12. The number of aliphatic hydroxyl groups is 2. The molecule has 0 aliphatic rings. The fourth-order valence-electron chi connectivity index (χ4n) is 2.54. The maximum atomic E-state index is 11.7. The monoisotopic (exact) mass is 344 g/mol. The van der Waals surface area contributed by atoms with Crippen molar-refractivity contribution in [3.05, 3.63) is 64.1 Å². The molecule has 0 saturated carbocycles. The molecule has 5 heteroatoms. The van der Waals surface area contributed by atoms with Crippen LogP contribution in [0.3, 0.4) is 0 Å². The second-order valence-electron chi connectivity index (χ2n) is 6.11. The normalized spacial score (nSPS) is 13.0. The Morgan fingerprint density at radius 1 is 1.44 bits per heavy atom. The summed E-state index contributed by atoms with van der Waals surface area (Å²) in [5.41, 5.74) is 2.44. The van der Waals surface area contributed by atoms with Crippen LogP contribution in [-0.4, -0.2) is 29.5 Å². The van der Waals surface area contributed by atoms with Crippen LogP contribution in [-0.2, 0) is 0 Å². The van der Waals surface area contributed by atoms with Gasteiger partial charge in [0.15, 0.2) is 0 Å². The van der Waals surface area contributed by atoms with E-state index in [9.17, 15) is 15.0 Å². The van der Waals surface area contributed by atoms with Crippen LogP contribution in [0.15, 0.2) is 57.3 Å². The Kier molecular flexibility index (Phi) is 6.56. The Bertz CT molecular complexity index is 832. The summed E-state index contributed by atoms with van der Waals surface area (Å²) in [7, 11) is 0. The lowest BCUT2D eigenvalue weighted by Crippen LogP contribution is -2.09. The zero-order valence-corrected chi connectivity index (χ0v) is 14.6. The van der Waals surface area contributed by atoms with E-state index in [1.54, 1.807) is 19.1 Å². The van der Waals surface area contributed by atoms with Gasteiger partial charge in [-0.3, -0.25) is 0 Å². The third kappa shape index (κ3) is 5.05. The molecule has 134 valence electrons. The first kappa shape index (κ1) is 19.0. The lowest BCUT2D eigenvalue weighted by Gasteiger charge is -2.12. The Morgan fingerprint density at radius 3 is 2.88 bits per heavy atom. The van der Waals surface area contributed by atoms with Crippen LogP contribution in [0.4, 0.5) is 0 Å². The number of hydrogen-bond acceptors (Lipinski definition) is 5. The van der Waals surface area contributed by atoms with Crippen molar-refractivity contribution < 1.29 is 19.4 Å². The van der Waals surface area contributed by atoms with Gasteiger partial charge in [0.05, 0.1) is 24.2 Å². The zero-order chi connectivity index (χ0) is 18.4. The molecule has 0 radical (unpaired) electrons. The molecule has 25 heavy (non-hydrogen) atoms. The summed E-state index contributed by atoms with van der Waals surface area (Å²) in [4.78, 5) is 11.7. The highest BCUT2D eigenvalue weighted by Gasteiger charge is 2.09. The topological polar surface area (TPSA) is 79.9 Å². The van der Waals surface area contributed by atoms with E-state index in [1.807, 2.05) is 19.1 Å². The van der Waals surface area contributed by atoms with Gasteiger partial charge < -0.3 is 19.4 Å². The summed E-state index contributed by atoms with van der Waals surface area (Å²) in [6, 6.07) is 6.79. The zero-order valence-electron chi connectivity index (χ0n) is 14.6. The Balaban J connectivity index is 2.11. The smallest absolute Gasteiger partial charge is 0.339 e. The maximum absolute atomic E-state index is 11.7. The van der Waals surface area contributed by atoms with Crippen LogP contribution < -0.4 is 10.4 Å². The lowest BCUT2D eigenvalue weighted by atomic mass is 10.0. The number of fused-ring (bicyclic) bond motifs is 1. The second-order valence-corrected chi connectivity index (χ2v) is 6.11. The van der Waals surface area contributed by atoms with Crippen molar-refractivity contribution in [3.8, 4) is 5.75 Å². The molecular formula is C20H24O5. The standard InChI is InChI=1S/C20H24O5/c1-13(2)16(22)8-7-15(12-21)9-10-24-18-11-19(23)25-17-6-4-5-14(3)20(17)18/h4-6,9,11,16,21-22H,1,7-8,10,12H2,2-3H3/b15-9-/t16-/m1/s1. The van der Waals surface area contributed by atoms with E-state index in [4.69, 9.17) is 9.15 Å². The van der Waals surface area contributed by atoms with Crippen LogP contribution >= 0.6 is 0 Å². The van der Waals surface area contributed by atoms with Crippen molar-refractivity contribution >= 4 is 11.0 Å². The summed E-state index contributed by atoms with van der Waals surface area (Å²) in [6.45, 7) is 7.51. The summed E-state index contributed by atoms with van der Waals surface area (Å²) in [6.07, 6.45) is 2.23. The molecule has 2 N–H and O–H groups in total. The van der Waals surface area contributed by atoms with Crippen molar-refractivity contribution in [1.29, 1.82) is 0 Å². The molecule has 0 saturated heterocycles. The molecule has 0 unspecified atom stereocenters. The van der Waals surface area contributed by atoms with Gasteiger partial charge in [0.1, 0.15) is 17.9 Å². The number of rotatable bonds is 8. The largest absolute Gasteiger partial charge is 0.488 e.